The Morgan fingerprint density at radius 2 is 1.60 bits per heavy atom. The van der Waals surface area contributed by atoms with Gasteiger partial charge in [0.05, 0.1) is 12.6 Å². The molecule has 3 aliphatic rings. The van der Waals surface area contributed by atoms with E-state index < -0.39 is 0 Å². The maximum atomic E-state index is 6.12. The van der Waals surface area contributed by atoms with Crippen LogP contribution >= 0.6 is 0 Å². The second-order valence-corrected chi connectivity index (χ2v) is 9.55. The van der Waals surface area contributed by atoms with Crippen LogP contribution in [0.25, 0.3) is 0 Å². The number of aromatic nitrogens is 2. The van der Waals surface area contributed by atoms with Crippen LogP contribution in [0, 0.1) is 5.92 Å². The molecule has 1 aromatic carbocycles. The normalized spacial score (nSPS) is 23.9. The van der Waals surface area contributed by atoms with Crippen LogP contribution in [-0.4, -0.2) is 28.2 Å². The summed E-state index contributed by atoms with van der Waals surface area (Å²) >= 11 is 0. The summed E-state index contributed by atoms with van der Waals surface area (Å²) in [4.78, 5) is 2.51. The van der Waals surface area contributed by atoms with Crippen LogP contribution in [0.3, 0.4) is 0 Å². The maximum absolute atomic E-state index is 6.12. The molecule has 2 aliphatic carbocycles. The van der Waals surface area contributed by atoms with E-state index in [0.717, 1.165) is 49.6 Å². The fourth-order valence-corrected chi connectivity index (χ4v) is 5.15. The van der Waals surface area contributed by atoms with Crippen molar-refractivity contribution in [1.29, 1.82) is 0 Å². The van der Waals surface area contributed by atoms with Crippen LogP contribution in [0.15, 0.2) is 28.7 Å². The Hall–Kier alpha value is -1.88. The lowest BCUT2D eigenvalue weighted by Crippen LogP contribution is -2.33. The molecule has 5 rings (SSSR count). The summed E-state index contributed by atoms with van der Waals surface area (Å²) in [6, 6.07) is 8.96. The van der Waals surface area contributed by atoms with Crippen molar-refractivity contribution < 1.29 is 9.15 Å². The molecule has 30 heavy (non-hydrogen) atoms. The van der Waals surface area contributed by atoms with E-state index in [1.165, 1.54) is 69.8 Å². The van der Waals surface area contributed by atoms with Gasteiger partial charge in [-0.15, -0.1) is 10.2 Å². The van der Waals surface area contributed by atoms with Gasteiger partial charge in [0, 0.05) is 12.5 Å². The molecule has 1 aliphatic heterocycles. The smallest absolute Gasteiger partial charge is 0.233 e. The number of rotatable bonds is 7. The van der Waals surface area contributed by atoms with E-state index >= 15 is 0 Å². The number of benzene rings is 1. The minimum absolute atomic E-state index is 0.252. The molecule has 1 aromatic heterocycles. The molecule has 2 saturated carbocycles. The quantitative estimate of drug-likeness (QED) is 0.559. The molecule has 3 fully saturated rings. The van der Waals surface area contributed by atoms with Crippen molar-refractivity contribution in [3.05, 3.63) is 41.6 Å². The Balaban J connectivity index is 1.18. The monoisotopic (exact) mass is 409 g/mol. The highest BCUT2D eigenvalue weighted by atomic mass is 16.5. The van der Waals surface area contributed by atoms with Crippen LogP contribution in [0.1, 0.15) is 99.9 Å². The highest BCUT2D eigenvalue weighted by Crippen LogP contribution is 2.38. The standard InChI is InChI=1S/C25H35N3O2/c1-2-7-20(8-3-1)18-29-22-14-12-19(13-15-22)17-28-16-5-4-11-23(28)25-27-26-24(30-25)21-9-6-10-21/h12-15,20-21,23H,1-11,16-18H2. The number of hydrogen-bond donors (Lipinski definition) is 0. The summed E-state index contributed by atoms with van der Waals surface area (Å²) in [5.74, 6) is 3.93. The topological polar surface area (TPSA) is 51.4 Å². The molecule has 0 amide bonds. The largest absolute Gasteiger partial charge is 0.493 e. The van der Waals surface area contributed by atoms with Gasteiger partial charge in [-0.2, -0.15) is 0 Å². The minimum atomic E-state index is 0.252. The lowest BCUT2D eigenvalue weighted by atomic mass is 9.85. The minimum Gasteiger partial charge on any atom is -0.493 e. The first-order chi connectivity index (χ1) is 14.8. The molecule has 2 aromatic rings. The SMILES string of the molecule is c1cc(OCC2CCCCC2)ccc1CN1CCCCC1c1nnc(C2CCC2)o1. The zero-order chi connectivity index (χ0) is 20.2. The molecule has 5 heteroatoms. The van der Waals surface area contributed by atoms with Gasteiger partial charge in [0.15, 0.2) is 0 Å². The molecule has 2 heterocycles. The molecule has 0 bridgehead atoms. The zero-order valence-electron chi connectivity index (χ0n) is 18.1. The predicted molar refractivity (Wildman–Crippen MR) is 116 cm³/mol. The van der Waals surface area contributed by atoms with E-state index in [1.54, 1.807) is 0 Å². The van der Waals surface area contributed by atoms with Gasteiger partial charge in [0.25, 0.3) is 0 Å². The first-order valence-corrected chi connectivity index (χ1v) is 12.1. The van der Waals surface area contributed by atoms with Crippen molar-refractivity contribution in [3.8, 4) is 5.75 Å². The summed E-state index contributed by atoms with van der Waals surface area (Å²) < 4.78 is 12.2. The van der Waals surface area contributed by atoms with Gasteiger partial charge in [0.1, 0.15) is 5.75 Å². The summed E-state index contributed by atoms with van der Waals surface area (Å²) in [6.45, 7) is 2.88. The van der Waals surface area contributed by atoms with Gasteiger partial charge < -0.3 is 9.15 Å². The first-order valence-electron chi connectivity index (χ1n) is 12.1. The van der Waals surface area contributed by atoms with Crippen molar-refractivity contribution in [1.82, 2.24) is 15.1 Å². The van der Waals surface area contributed by atoms with E-state index in [-0.39, 0.29) is 6.04 Å². The number of piperidine rings is 1. The Bertz CT molecular complexity index is 793. The van der Waals surface area contributed by atoms with Crippen molar-refractivity contribution in [2.24, 2.45) is 5.92 Å². The molecule has 1 unspecified atom stereocenters. The number of nitrogens with zero attached hydrogens (tertiary/aromatic N) is 3. The summed E-state index contributed by atoms with van der Waals surface area (Å²) in [6.07, 6.45) is 14.0. The van der Waals surface area contributed by atoms with Gasteiger partial charge >= 0.3 is 0 Å². The van der Waals surface area contributed by atoms with Crippen LogP contribution in [0.4, 0.5) is 0 Å². The fourth-order valence-electron chi connectivity index (χ4n) is 5.15. The van der Waals surface area contributed by atoms with Crippen molar-refractivity contribution >= 4 is 0 Å². The predicted octanol–water partition coefficient (Wildman–Crippen LogP) is 6.02. The second-order valence-electron chi connectivity index (χ2n) is 9.55. The molecule has 0 radical (unpaired) electrons. The first kappa shape index (κ1) is 20.0. The van der Waals surface area contributed by atoms with Crippen molar-refractivity contribution in [2.75, 3.05) is 13.2 Å². The summed E-state index contributed by atoms with van der Waals surface area (Å²) in [5, 5.41) is 8.80. The van der Waals surface area contributed by atoms with E-state index in [0.29, 0.717) is 5.92 Å². The van der Waals surface area contributed by atoms with Gasteiger partial charge in [0.2, 0.25) is 11.8 Å². The Labute approximate surface area is 180 Å². The van der Waals surface area contributed by atoms with E-state index in [2.05, 4.69) is 39.4 Å². The van der Waals surface area contributed by atoms with Crippen molar-refractivity contribution in [3.63, 3.8) is 0 Å². The second kappa shape index (κ2) is 9.51. The van der Waals surface area contributed by atoms with Crippen LogP contribution in [0.2, 0.25) is 0 Å². The van der Waals surface area contributed by atoms with E-state index in [4.69, 9.17) is 9.15 Å². The van der Waals surface area contributed by atoms with E-state index in [1.807, 2.05) is 0 Å². The van der Waals surface area contributed by atoms with Gasteiger partial charge in [-0.05, 0) is 68.7 Å². The van der Waals surface area contributed by atoms with Gasteiger partial charge in [-0.3, -0.25) is 4.90 Å². The molecule has 1 atom stereocenters. The number of likely N-dealkylation sites (tertiary alicyclic amines) is 1. The molecule has 1 saturated heterocycles. The third kappa shape index (κ3) is 4.72. The lowest BCUT2D eigenvalue weighted by Gasteiger charge is -2.33. The summed E-state index contributed by atoms with van der Waals surface area (Å²) in [5.41, 5.74) is 1.32. The zero-order valence-corrected chi connectivity index (χ0v) is 18.1. The van der Waals surface area contributed by atoms with Crippen LogP contribution in [0.5, 0.6) is 5.75 Å². The van der Waals surface area contributed by atoms with Gasteiger partial charge in [-0.25, -0.2) is 0 Å². The van der Waals surface area contributed by atoms with Crippen molar-refractivity contribution in [2.45, 2.75) is 89.1 Å². The third-order valence-electron chi connectivity index (χ3n) is 7.33. The lowest BCUT2D eigenvalue weighted by molar-refractivity contribution is 0.115. The summed E-state index contributed by atoms with van der Waals surface area (Å²) in [7, 11) is 0. The maximum Gasteiger partial charge on any atom is 0.233 e. The van der Waals surface area contributed by atoms with Crippen LogP contribution in [-0.2, 0) is 6.54 Å². The van der Waals surface area contributed by atoms with Crippen LogP contribution < -0.4 is 4.74 Å². The average molecular weight is 410 g/mol. The highest BCUT2D eigenvalue weighted by molar-refractivity contribution is 5.27. The fraction of sp³-hybridized carbons (Fsp3) is 0.680. The third-order valence-corrected chi connectivity index (χ3v) is 7.33. The highest BCUT2D eigenvalue weighted by Gasteiger charge is 2.31. The number of hydrogen-bond acceptors (Lipinski definition) is 5. The molecule has 0 N–H and O–H groups in total. The Morgan fingerprint density at radius 3 is 2.37 bits per heavy atom. The molecule has 5 nitrogen and oxygen atoms in total. The van der Waals surface area contributed by atoms with Gasteiger partial charge in [-0.1, -0.05) is 44.2 Å². The number of ether oxygens (including phenoxy) is 1. The molecular weight excluding hydrogens is 374 g/mol. The molecular formula is C25H35N3O2. The molecule has 162 valence electrons. The average Bonchev–Trinajstić information content (AvgIpc) is 3.22. The Kier molecular flexibility index (Phi) is 6.35. The Morgan fingerprint density at radius 1 is 0.833 bits per heavy atom. The van der Waals surface area contributed by atoms with E-state index in [9.17, 15) is 0 Å². The molecule has 0 spiro atoms.